The molecule has 26 heavy (non-hydrogen) atoms. The van der Waals surface area contributed by atoms with E-state index in [4.69, 9.17) is 0 Å². The highest BCUT2D eigenvalue weighted by Crippen LogP contribution is 2.27. The lowest BCUT2D eigenvalue weighted by molar-refractivity contribution is 0.0979. The summed E-state index contributed by atoms with van der Waals surface area (Å²) in [5.41, 5.74) is 2.39. The largest absolute Gasteiger partial charge is 0.365 e. The van der Waals surface area contributed by atoms with Crippen molar-refractivity contribution in [2.45, 2.75) is 25.3 Å². The van der Waals surface area contributed by atoms with Crippen LogP contribution in [-0.4, -0.2) is 48.6 Å². The Kier molecular flexibility index (Phi) is 4.36. The van der Waals surface area contributed by atoms with Crippen molar-refractivity contribution in [2.75, 3.05) is 28.3 Å². The third-order valence-corrected chi connectivity index (χ3v) is 6.59. The van der Waals surface area contributed by atoms with E-state index in [-0.39, 0.29) is 29.1 Å². The maximum Gasteiger partial charge on any atom is 0.278 e. The summed E-state index contributed by atoms with van der Waals surface area (Å²) >= 11 is 0. The summed E-state index contributed by atoms with van der Waals surface area (Å²) < 4.78 is 23.0. The molecular formula is C18H20N4O3S. The van der Waals surface area contributed by atoms with Gasteiger partial charge < -0.3 is 10.2 Å². The zero-order valence-corrected chi connectivity index (χ0v) is 15.1. The zero-order chi connectivity index (χ0) is 18.1. The predicted octanol–water partition coefficient (Wildman–Crippen LogP) is 1.67. The van der Waals surface area contributed by atoms with E-state index in [0.717, 1.165) is 18.5 Å². The first-order valence-corrected chi connectivity index (χ1v) is 10.5. The van der Waals surface area contributed by atoms with Gasteiger partial charge in [-0.2, -0.15) is 0 Å². The van der Waals surface area contributed by atoms with Gasteiger partial charge in [-0.3, -0.25) is 4.79 Å². The molecule has 8 heteroatoms. The van der Waals surface area contributed by atoms with Crippen LogP contribution in [0.3, 0.4) is 0 Å². The van der Waals surface area contributed by atoms with Crippen LogP contribution in [0.15, 0.2) is 36.4 Å². The van der Waals surface area contributed by atoms with Gasteiger partial charge >= 0.3 is 0 Å². The van der Waals surface area contributed by atoms with Gasteiger partial charge in [-0.25, -0.2) is 8.42 Å². The van der Waals surface area contributed by atoms with Crippen molar-refractivity contribution in [3.63, 3.8) is 0 Å². The fraction of sp³-hybridized carbons (Fsp3) is 0.389. The number of carbonyl (C=O) groups is 1. The quantitative estimate of drug-likeness (QED) is 0.881. The average Bonchev–Trinajstić information content (AvgIpc) is 2.99. The van der Waals surface area contributed by atoms with Crippen LogP contribution in [0, 0.1) is 0 Å². The molecule has 0 saturated carbocycles. The van der Waals surface area contributed by atoms with Crippen LogP contribution < -0.4 is 10.2 Å². The number of aryl methyl sites for hydroxylation is 1. The first-order chi connectivity index (χ1) is 12.5. The molecule has 3 heterocycles. The fourth-order valence-corrected chi connectivity index (χ4v) is 5.20. The van der Waals surface area contributed by atoms with Crippen LogP contribution in [0.1, 0.15) is 28.9 Å². The van der Waals surface area contributed by atoms with Gasteiger partial charge in [0.05, 0.1) is 11.5 Å². The third kappa shape index (κ3) is 3.41. The second-order valence-corrected chi connectivity index (χ2v) is 8.97. The number of anilines is 2. The summed E-state index contributed by atoms with van der Waals surface area (Å²) in [5, 5.41) is 11.2. The molecule has 1 N–H and O–H groups in total. The Labute approximate surface area is 152 Å². The highest BCUT2D eigenvalue weighted by Gasteiger charge is 2.28. The van der Waals surface area contributed by atoms with E-state index in [1.807, 2.05) is 24.3 Å². The normalized spacial score (nSPS) is 21.2. The number of nitrogens with zero attached hydrogens (tertiary/aromatic N) is 3. The third-order valence-electron chi connectivity index (χ3n) is 4.82. The molecule has 1 aromatic carbocycles. The van der Waals surface area contributed by atoms with Crippen molar-refractivity contribution in [3.05, 3.63) is 47.7 Å². The lowest BCUT2D eigenvalue weighted by Crippen LogP contribution is -2.36. The number of hydrogen-bond donors (Lipinski definition) is 1. The van der Waals surface area contributed by atoms with Crippen molar-refractivity contribution < 1.29 is 13.2 Å². The van der Waals surface area contributed by atoms with Crippen molar-refractivity contribution in [3.8, 4) is 0 Å². The maximum absolute atomic E-state index is 12.8. The molecule has 2 aliphatic heterocycles. The summed E-state index contributed by atoms with van der Waals surface area (Å²) in [5.74, 6) is 0.630. The van der Waals surface area contributed by atoms with E-state index in [9.17, 15) is 13.2 Å². The summed E-state index contributed by atoms with van der Waals surface area (Å²) in [4.78, 5) is 14.6. The fourth-order valence-electron chi connectivity index (χ4n) is 3.52. The molecule has 136 valence electrons. The lowest BCUT2D eigenvalue weighted by Gasteiger charge is -2.29. The highest BCUT2D eigenvalue weighted by molar-refractivity contribution is 7.91. The number of carbonyl (C=O) groups excluding carboxylic acids is 1. The second-order valence-electron chi connectivity index (χ2n) is 6.74. The summed E-state index contributed by atoms with van der Waals surface area (Å²) in [6.45, 7) is 0.664. The van der Waals surface area contributed by atoms with Crippen LogP contribution in [-0.2, 0) is 16.3 Å². The van der Waals surface area contributed by atoms with Crippen LogP contribution >= 0.6 is 0 Å². The van der Waals surface area contributed by atoms with Crippen molar-refractivity contribution in [1.29, 1.82) is 0 Å². The second kappa shape index (κ2) is 6.68. The molecule has 2 aromatic rings. The SMILES string of the molecule is O=C(c1ccc(NC2CCS(=O)(=O)C2)nn1)N1CCCc2ccccc21. The number of amides is 1. The molecular weight excluding hydrogens is 352 g/mol. The number of hydrogen-bond acceptors (Lipinski definition) is 6. The maximum atomic E-state index is 12.8. The van der Waals surface area contributed by atoms with Gasteiger partial charge in [0.15, 0.2) is 15.5 Å². The zero-order valence-electron chi connectivity index (χ0n) is 14.3. The van der Waals surface area contributed by atoms with Crippen molar-refractivity contribution >= 4 is 27.2 Å². The van der Waals surface area contributed by atoms with Gasteiger partial charge in [0.25, 0.3) is 5.91 Å². The number of aromatic nitrogens is 2. The first kappa shape index (κ1) is 17.0. The Bertz CT molecular complexity index is 928. The molecule has 1 unspecified atom stereocenters. The number of nitrogens with one attached hydrogen (secondary N) is 1. The Morgan fingerprint density at radius 1 is 1.15 bits per heavy atom. The molecule has 0 aliphatic carbocycles. The Balaban J connectivity index is 1.48. The molecule has 0 bridgehead atoms. The Morgan fingerprint density at radius 2 is 2.00 bits per heavy atom. The van der Waals surface area contributed by atoms with E-state index in [2.05, 4.69) is 15.5 Å². The predicted molar refractivity (Wildman–Crippen MR) is 99.2 cm³/mol. The molecule has 1 amide bonds. The van der Waals surface area contributed by atoms with Crippen LogP contribution in [0.2, 0.25) is 0 Å². The molecule has 7 nitrogen and oxygen atoms in total. The molecule has 0 spiro atoms. The van der Waals surface area contributed by atoms with E-state index in [1.54, 1.807) is 17.0 Å². The Hall–Kier alpha value is -2.48. The van der Waals surface area contributed by atoms with Crippen molar-refractivity contribution in [1.82, 2.24) is 10.2 Å². The molecule has 0 radical (unpaired) electrons. The highest BCUT2D eigenvalue weighted by atomic mass is 32.2. The number of sulfone groups is 1. The standard InChI is InChI=1S/C18H20N4O3S/c23-18(22-10-3-5-13-4-1-2-6-16(13)22)15-7-8-17(21-20-15)19-14-9-11-26(24,25)12-14/h1-2,4,6-8,14H,3,5,9-12H2,(H,19,21). The van der Waals surface area contributed by atoms with E-state index >= 15 is 0 Å². The molecule has 1 fully saturated rings. The molecule has 4 rings (SSSR count). The number of benzene rings is 1. The van der Waals surface area contributed by atoms with E-state index in [0.29, 0.717) is 18.8 Å². The van der Waals surface area contributed by atoms with Crippen molar-refractivity contribution in [2.24, 2.45) is 0 Å². The Morgan fingerprint density at radius 3 is 2.73 bits per heavy atom. The lowest BCUT2D eigenvalue weighted by atomic mass is 10.0. The molecule has 1 atom stereocenters. The van der Waals surface area contributed by atoms with Gasteiger partial charge in [0.2, 0.25) is 0 Å². The van der Waals surface area contributed by atoms with Crippen LogP contribution in [0.4, 0.5) is 11.5 Å². The minimum Gasteiger partial charge on any atom is -0.365 e. The van der Waals surface area contributed by atoms with Gasteiger partial charge in [-0.1, -0.05) is 18.2 Å². The average molecular weight is 372 g/mol. The first-order valence-electron chi connectivity index (χ1n) is 8.72. The van der Waals surface area contributed by atoms with Gasteiger partial charge in [-0.15, -0.1) is 10.2 Å². The van der Waals surface area contributed by atoms with Gasteiger partial charge in [-0.05, 0) is 43.0 Å². The van der Waals surface area contributed by atoms with E-state index < -0.39 is 9.84 Å². The molecule has 2 aliphatic rings. The van der Waals surface area contributed by atoms with Crippen LogP contribution in [0.25, 0.3) is 0 Å². The number of rotatable bonds is 3. The summed E-state index contributed by atoms with van der Waals surface area (Å²) in [6.07, 6.45) is 2.46. The topological polar surface area (TPSA) is 92.3 Å². The number of para-hydroxylation sites is 1. The van der Waals surface area contributed by atoms with E-state index in [1.165, 1.54) is 5.56 Å². The molecule has 1 aromatic heterocycles. The summed E-state index contributed by atoms with van der Waals surface area (Å²) in [6, 6.07) is 11.1. The summed E-state index contributed by atoms with van der Waals surface area (Å²) in [7, 11) is -2.95. The van der Waals surface area contributed by atoms with Gasteiger partial charge in [0.1, 0.15) is 5.82 Å². The smallest absolute Gasteiger partial charge is 0.278 e. The molecule has 1 saturated heterocycles. The monoisotopic (exact) mass is 372 g/mol. The van der Waals surface area contributed by atoms with Crippen LogP contribution in [0.5, 0.6) is 0 Å². The van der Waals surface area contributed by atoms with Gasteiger partial charge in [0, 0.05) is 18.3 Å². The number of fused-ring (bicyclic) bond motifs is 1. The minimum atomic E-state index is -2.95. The minimum absolute atomic E-state index is 0.111.